The van der Waals surface area contributed by atoms with Gasteiger partial charge in [-0.25, -0.2) is 8.42 Å². The highest BCUT2D eigenvalue weighted by Crippen LogP contribution is 2.42. The van der Waals surface area contributed by atoms with Gasteiger partial charge in [0.05, 0.1) is 16.7 Å². The average molecular weight is 419 g/mol. The van der Waals surface area contributed by atoms with Gasteiger partial charge in [0.2, 0.25) is 9.84 Å². The number of hydrogen-bond acceptors (Lipinski definition) is 3. The van der Waals surface area contributed by atoms with Gasteiger partial charge in [0.15, 0.2) is 0 Å². The first-order valence-corrected chi connectivity index (χ1v) is 10.7. The minimum absolute atomic E-state index is 0.0766. The van der Waals surface area contributed by atoms with Gasteiger partial charge in [0.1, 0.15) is 0 Å². The number of nitrogens with one attached hydrogen (secondary N) is 1. The van der Waals surface area contributed by atoms with Gasteiger partial charge in [0, 0.05) is 38.5 Å². The molecule has 29 heavy (non-hydrogen) atoms. The monoisotopic (exact) mass is 418 g/mol. The molecule has 0 radical (unpaired) electrons. The molecule has 4 rings (SSSR count). The van der Waals surface area contributed by atoms with Crippen LogP contribution in [-0.2, 0) is 9.84 Å². The highest BCUT2D eigenvalue weighted by molar-refractivity contribution is 7.94. The molecule has 0 bridgehead atoms. The van der Waals surface area contributed by atoms with Crippen LogP contribution in [0.25, 0.3) is 33.3 Å². The number of aromatic amines is 1. The van der Waals surface area contributed by atoms with Crippen LogP contribution in [0.3, 0.4) is 0 Å². The van der Waals surface area contributed by atoms with E-state index in [1.54, 1.807) is 18.2 Å². The Morgan fingerprint density at radius 2 is 1.69 bits per heavy atom. The summed E-state index contributed by atoms with van der Waals surface area (Å²) in [6.07, 6.45) is 0.949. The minimum Gasteiger partial charge on any atom is -0.354 e. The van der Waals surface area contributed by atoms with Gasteiger partial charge in [-0.2, -0.15) is 5.26 Å². The lowest BCUT2D eigenvalue weighted by Gasteiger charge is -2.10. The standard InChI is InChI=1S/C23H15ClN2O2S/c24-20-12-11-17(29(27,28)14-6-13-25)15-19(20)22-18-9-4-5-10-21(18)26-23(22)16-7-2-1-3-8-16/h1-12,14-15,26H/b14-6+. The first-order chi connectivity index (χ1) is 14.0. The summed E-state index contributed by atoms with van der Waals surface area (Å²) >= 11 is 6.52. The van der Waals surface area contributed by atoms with Crippen molar-refractivity contribution in [3.63, 3.8) is 0 Å². The van der Waals surface area contributed by atoms with Crippen LogP contribution < -0.4 is 0 Å². The fourth-order valence-corrected chi connectivity index (χ4v) is 4.46. The Bertz CT molecular complexity index is 1380. The summed E-state index contributed by atoms with van der Waals surface area (Å²) in [4.78, 5) is 3.51. The van der Waals surface area contributed by atoms with Crippen molar-refractivity contribution < 1.29 is 8.42 Å². The molecule has 4 nitrogen and oxygen atoms in total. The molecule has 0 amide bonds. The number of fused-ring (bicyclic) bond motifs is 1. The molecule has 6 heteroatoms. The van der Waals surface area contributed by atoms with Gasteiger partial charge < -0.3 is 4.98 Å². The smallest absolute Gasteiger partial charge is 0.200 e. The summed E-state index contributed by atoms with van der Waals surface area (Å²) in [6, 6.07) is 23.9. The summed E-state index contributed by atoms with van der Waals surface area (Å²) in [6.45, 7) is 0. The molecule has 0 aliphatic heterocycles. The van der Waals surface area contributed by atoms with Gasteiger partial charge in [-0.15, -0.1) is 0 Å². The number of rotatable bonds is 4. The molecule has 4 aromatic rings. The summed E-state index contributed by atoms with van der Waals surface area (Å²) in [5.41, 5.74) is 4.19. The molecule has 1 heterocycles. The van der Waals surface area contributed by atoms with E-state index in [-0.39, 0.29) is 4.90 Å². The van der Waals surface area contributed by atoms with E-state index in [2.05, 4.69) is 4.98 Å². The Morgan fingerprint density at radius 3 is 2.45 bits per heavy atom. The zero-order valence-corrected chi connectivity index (χ0v) is 16.7. The van der Waals surface area contributed by atoms with Gasteiger partial charge in [-0.1, -0.05) is 60.1 Å². The molecule has 0 aliphatic rings. The maximum absolute atomic E-state index is 12.6. The number of halogens is 1. The number of para-hydroxylation sites is 1. The second-order valence-electron chi connectivity index (χ2n) is 6.41. The Hall–Kier alpha value is -3.33. The summed E-state index contributed by atoms with van der Waals surface area (Å²) in [5, 5.41) is 11.0. The van der Waals surface area contributed by atoms with E-state index in [0.717, 1.165) is 39.2 Å². The van der Waals surface area contributed by atoms with Crippen LogP contribution in [0.1, 0.15) is 0 Å². The predicted molar refractivity (Wildman–Crippen MR) is 116 cm³/mol. The highest BCUT2D eigenvalue weighted by atomic mass is 35.5. The second kappa shape index (κ2) is 7.59. The molecule has 3 aromatic carbocycles. The first-order valence-electron chi connectivity index (χ1n) is 8.78. The van der Waals surface area contributed by atoms with Crippen LogP contribution in [0, 0.1) is 11.3 Å². The fourth-order valence-electron chi connectivity index (χ4n) is 3.31. The van der Waals surface area contributed by atoms with Crippen molar-refractivity contribution >= 4 is 32.3 Å². The zero-order valence-electron chi connectivity index (χ0n) is 15.1. The topological polar surface area (TPSA) is 73.7 Å². The molecule has 1 aromatic heterocycles. The van der Waals surface area contributed by atoms with Crippen LogP contribution in [0.5, 0.6) is 0 Å². The van der Waals surface area contributed by atoms with Crippen molar-refractivity contribution in [1.29, 1.82) is 5.26 Å². The van der Waals surface area contributed by atoms with E-state index >= 15 is 0 Å². The Morgan fingerprint density at radius 1 is 0.966 bits per heavy atom. The summed E-state index contributed by atoms with van der Waals surface area (Å²) in [5.74, 6) is 0. The van der Waals surface area contributed by atoms with Crippen molar-refractivity contribution in [1.82, 2.24) is 4.98 Å². The third kappa shape index (κ3) is 3.56. The predicted octanol–water partition coefficient (Wildman–Crippen LogP) is 5.97. The molecular formula is C23H15ClN2O2S. The van der Waals surface area contributed by atoms with Crippen molar-refractivity contribution in [2.45, 2.75) is 4.90 Å². The Labute approximate surface area is 173 Å². The van der Waals surface area contributed by atoms with Crippen molar-refractivity contribution in [3.05, 3.63) is 89.3 Å². The van der Waals surface area contributed by atoms with Gasteiger partial charge in [-0.3, -0.25) is 0 Å². The number of allylic oxidation sites excluding steroid dienone is 1. The number of H-pyrrole nitrogens is 1. The summed E-state index contributed by atoms with van der Waals surface area (Å²) < 4.78 is 25.1. The Balaban J connectivity index is 2.02. The lowest BCUT2D eigenvalue weighted by molar-refractivity contribution is 0.604. The minimum atomic E-state index is -3.76. The lowest BCUT2D eigenvalue weighted by Crippen LogP contribution is -1.97. The first kappa shape index (κ1) is 19.0. The molecule has 0 aliphatic carbocycles. The number of benzene rings is 3. The van der Waals surface area contributed by atoms with E-state index in [9.17, 15) is 8.42 Å². The third-order valence-corrected chi connectivity index (χ3v) is 6.36. The maximum Gasteiger partial charge on any atom is 0.200 e. The number of aromatic nitrogens is 1. The summed E-state index contributed by atoms with van der Waals surface area (Å²) in [7, 11) is -3.76. The number of nitrogens with zero attached hydrogens (tertiary/aromatic N) is 1. The number of hydrogen-bond donors (Lipinski definition) is 1. The second-order valence-corrected chi connectivity index (χ2v) is 8.65. The molecular weight excluding hydrogens is 404 g/mol. The maximum atomic E-state index is 12.6. The van der Waals surface area contributed by atoms with Crippen molar-refractivity contribution in [2.24, 2.45) is 0 Å². The van der Waals surface area contributed by atoms with Crippen LogP contribution in [0.4, 0.5) is 0 Å². The van der Waals surface area contributed by atoms with E-state index in [1.807, 2.05) is 54.6 Å². The molecule has 142 valence electrons. The van der Waals surface area contributed by atoms with Crippen molar-refractivity contribution in [2.75, 3.05) is 0 Å². The molecule has 0 spiro atoms. The molecule has 0 atom stereocenters. The number of sulfone groups is 1. The number of nitriles is 1. The highest BCUT2D eigenvalue weighted by Gasteiger charge is 2.20. The zero-order chi connectivity index (χ0) is 20.4. The van der Waals surface area contributed by atoms with Gasteiger partial charge >= 0.3 is 0 Å². The SMILES string of the molecule is N#C/C=C/S(=O)(=O)c1ccc(Cl)c(-c2c(-c3ccccc3)[nH]c3ccccc23)c1. The van der Waals surface area contributed by atoms with E-state index in [1.165, 1.54) is 6.07 Å². The third-order valence-electron chi connectivity index (χ3n) is 4.63. The molecule has 0 saturated heterocycles. The van der Waals surface area contributed by atoms with E-state index in [4.69, 9.17) is 16.9 Å². The van der Waals surface area contributed by atoms with Crippen LogP contribution in [-0.4, -0.2) is 13.4 Å². The van der Waals surface area contributed by atoms with Crippen LogP contribution in [0.2, 0.25) is 5.02 Å². The fraction of sp³-hybridized carbons (Fsp3) is 0. The van der Waals surface area contributed by atoms with E-state index in [0.29, 0.717) is 10.6 Å². The molecule has 0 unspecified atom stereocenters. The molecule has 1 N–H and O–H groups in total. The van der Waals surface area contributed by atoms with E-state index < -0.39 is 9.84 Å². The van der Waals surface area contributed by atoms with Gasteiger partial charge in [0.25, 0.3) is 0 Å². The lowest BCUT2D eigenvalue weighted by atomic mass is 9.98. The Kier molecular flexibility index (Phi) is 4.98. The average Bonchev–Trinajstić information content (AvgIpc) is 3.12. The van der Waals surface area contributed by atoms with Crippen LogP contribution in [0.15, 0.2) is 89.2 Å². The largest absolute Gasteiger partial charge is 0.354 e. The van der Waals surface area contributed by atoms with Crippen molar-refractivity contribution in [3.8, 4) is 28.5 Å². The van der Waals surface area contributed by atoms with Crippen LogP contribution >= 0.6 is 11.6 Å². The molecule has 0 fully saturated rings. The quantitative estimate of drug-likeness (QED) is 0.415. The normalized spacial score (nSPS) is 11.7. The molecule has 0 saturated carbocycles. The van der Waals surface area contributed by atoms with Gasteiger partial charge in [-0.05, 0) is 29.8 Å².